The second-order valence-corrected chi connectivity index (χ2v) is 3.22. The fraction of sp³-hybridized carbons (Fsp3) is 0.444. The Kier molecular flexibility index (Phi) is 3.51. The third kappa shape index (κ3) is 2.32. The van der Waals surface area contributed by atoms with Gasteiger partial charge in [0.05, 0.1) is 7.11 Å². The van der Waals surface area contributed by atoms with Crippen molar-refractivity contribution < 1.29 is 9.53 Å². The minimum Gasteiger partial charge on any atom is -0.468 e. The Morgan fingerprint density at radius 3 is 3.00 bits per heavy atom. The normalized spacial score (nSPS) is 18.7. The van der Waals surface area contributed by atoms with Crippen LogP contribution in [0.4, 0.5) is 0 Å². The van der Waals surface area contributed by atoms with Crippen molar-refractivity contribution >= 4 is 17.6 Å². The molecule has 72 valence electrons. The van der Waals surface area contributed by atoms with Gasteiger partial charge in [0.25, 0.3) is 0 Å². The van der Waals surface area contributed by atoms with Crippen LogP contribution in [0.25, 0.3) is 0 Å². The van der Waals surface area contributed by atoms with Crippen LogP contribution in [0.3, 0.4) is 0 Å². The topological polar surface area (TPSA) is 52.3 Å². The Balaban J connectivity index is 2.81. The molecule has 2 N–H and O–H groups in total. The van der Waals surface area contributed by atoms with Gasteiger partial charge in [0.15, 0.2) is 0 Å². The lowest BCUT2D eigenvalue weighted by Gasteiger charge is -2.16. The minimum atomic E-state index is -0.720. The zero-order valence-electron chi connectivity index (χ0n) is 7.42. The van der Waals surface area contributed by atoms with Crippen LogP contribution in [0.15, 0.2) is 22.8 Å². The molecule has 1 atom stereocenters. The summed E-state index contributed by atoms with van der Waals surface area (Å²) in [6.45, 7) is 0. The van der Waals surface area contributed by atoms with E-state index < -0.39 is 12.0 Å². The van der Waals surface area contributed by atoms with Crippen LogP contribution < -0.4 is 5.73 Å². The van der Waals surface area contributed by atoms with Gasteiger partial charge >= 0.3 is 5.97 Å². The van der Waals surface area contributed by atoms with Crippen molar-refractivity contribution in [1.29, 1.82) is 0 Å². The van der Waals surface area contributed by atoms with Crippen molar-refractivity contribution in [2.75, 3.05) is 7.11 Å². The molecular formula is C9H12ClNO2. The monoisotopic (exact) mass is 201 g/mol. The van der Waals surface area contributed by atoms with E-state index in [1.807, 2.05) is 6.08 Å². The summed E-state index contributed by atoms with van der Waals surface area (Å²) in [6, 6.07) is -0.720. The Hall–Kier alpha value is -0.800. The maximum absolute atomic E-state index is 11.1. The number of ether oxygens (including phenoxy) is 1. The highest BCUT2D eigenvalue weighted by molar-refractivity contribution is 6.31. The number of hydrogen-bond donors (Lipinski definition) is 1. The molecule has 0 amide bonds. The van der Waals surface area contributed by atoms with Crippen molar-refractivity contribution in [3.63, 3.8) is 0 Å². The van der Waals surface area contributed by atoms with E-state index in [0.29, 0.717) is 5.03 Å². The average Bonchev–Trinajstić information content (AvgIpc) is 2.16. The molecule has 0 fully saturated rings. The maximum Gasteiger partial charge on any atom is 0.327 e. The summed E-state index contributed by atoms with van der Waals surface area (Å²) < 4.78 is 4.53. The van der Waals surface area contributed by atoms with E-state index in [1.165, 1.54) is 7.11 Å². The fourth-order valence-electron chi connectivity index (χ4n) is 1.23. The number of carbonyl (C=O) groups is 1. The number of carbonyl (C=O) groups excluding carboxylic acids is 1. The lowest BCUT2D eigenvalue weighted by molar-refractivity contribution is -0.141. The van der Waals surface area contributed by atoms with Gasteiger partial charge in [-0.2, -0.15) is 0 Å². The lowest BCUT2D eigenvalue weighted by atomic mass is 9.98. The van der Waals surface area contributed by atoms with Gasteiger partial charge in [-0.1, -0.05) is 17.7 Å². The summed E-state index contributed by atoms with van der Waals surface area (Å²) in [5.74, 6) is -0.441. The van der Waals surface area contributed by atoms with Crippen molar-refractivity contribution in [1.82, 2.24) is 0 Å². The van der Waals surface area contributed by atoms with Crippen LogP contribution in [-0.4, -0.2) is 19.1 Å². The first kappa shape index (κ1) is 10.3. The van der Waals surface area contributed by atoms with Gasteiger partial charge in [-0.3, -0.25) is 4.79 Å². The number of allylic oxidation sites excluding steroid dienone is 3. The first-order chi connectivity index (χ1) is 6.16. The van der Waals surface area contributed by atoms with Gasteiger partial charge in [-0.25, -0.2) is 0 Å². The van der Waals surface area contributed by atoms with Gasteiger partial charge in [0, 0.05) is 5.03 Å². The Morgan fingerprint density at radius 1 is 1.77 bits per heavy atom. The highest BCUT2D eigenvalue weighted by Gasteiger charge is 2.21. The van der Waals surface area contributed by atoms with Crippen LogP contribution in [0, 0.1) is 0 Å². The number of rotatable bonds is 2. The summed E-state index contributed by atoms with van der Waals surface area (Å²) >= 11 is 5.88. The predicted octanol–water partition coefficient (Wildman–Crippen LogP) is 1.33. The summed E-state index contributed by atoms with van der Waals surface area (Å²) in [7, 11) is 1.31. The molecular weight excluding hydrogens is 190 g/mol. The third-order valence-corrected chi connectivity index (χ3v) is 2.35. The molecule has 0 unspecified atom stereocenters. The maximum atomic E-state index is 11.1. The second-order valence-electron chi connectivity index (χ2n) is 2.82. The van der Waals surface area contributed by atoms with E-state index in [2.05, 4.69) is 4.74 Å². The predicted molar refractivity (Wildman–Crippen MR) is 51.2 cm³/mol. The molecule has 0 heterocycles. The van der Waals surface area contributed by atoms with Crippen molar-refractivity contribution in [3.8, 4) is 0 Å². The molecule has 1 aliphatic rings. The van der Waals surface area contributed by atoms with Crippen LogP contribution in [-0.2, 0) is 9.53 Å². The van der Waals surface area contributed by atoms with Crippen LogP contribution in [0.2, 0.25) is 0 Å². The molecule has 0 aromatic heterocycles. The molecule has 13 heavy (non-hydrogen) atoms. The zero-order valence-corrected chi connectivity index (χ0v) is 8.17. The first-order valence-electron chi connectivity index (χ1n) is 4.05. The van der Waals surface area contributed by atoms with E-state index in [-0.39, 0.29) is 0 Å². The molecule has 0 saturated heterocycles. The third-order valence-electron chi connectivity index (χ3n) is 1.98. The van der Waals surface area contributed by atoms with Crippen molar-refractivity contribution in [2.24, 2.45) is 5.73 Å². The molecule has 0 aliphatic heterocycles. The van der Waals surface area contributed by atoms with E-state index in [1.54, 1.807) is 6.08 Å². The number of halogens is 1. The van der Waals surface area contributed by atoms with Gasteiger partial charge in [0.2, 0.25) is 0 Å². The lowest BCUT2D eigenvalue weighted by Crippen LogP contribution is -2.34. The average molecular weight is 202 g/mol. The first-order valence-corrected chi connectivity index (χ1v) is 4.43. The minimum absolute atomic E-state index is 0.441. The smallest absolute Gasteiger partial charge is 0.327 e. The summed E-state index contributed by atoms with van der Waals surface area (Å²) in [5.41, 5.74) is 6.40. The Bertz CT molecular complexity index is 271. The quantitative estimate of drug-likeness (QED) is 0.686. The summed E-state index contributed by atoms with van der Waals surface area (Å²) in [4.78, 5) is 11.1. The highest BCUT2D eigenvalue weighted by Crippen LogP contribution is 2.24. The van der Waals surface area contributed by atoms with Gasteiger partial charge in [0.1, 0.15) is 6.04 Å². The molecule has 0 radical (unpaired) electrons. The second kappa shape index (κ2) is 4.44. The highest BCUT2D eigenvalue weighted by atomic mass is 35.5. The van der Waals surface area contributed by atoms with Gasteiger partial charge in [-0.05, 0) is 24.5 Å². The van der Waals surface area contributed by atoms with E-state index in [4.69, 9.17) is 17.3 Å². The molecule has 0 bridgehead atoms. The van der Waals surface area contributed by atoms with Crippen molar-refractivity contribution in [3.05, 3.63) is 22.8 Å². The van der Waals surface area contributed by atoms with Crippen molar-refractivity contribution in [2.45, 2.75) is 18.9 Å². The number of methoxy groups -OCH3 is 1. The molecule has 1 aliphatic carbocycles. The SMILES string of the molecule is COC(=O)[C@@H](N)C1=C(Cl)C=CCC1. The number of hydrogen-bond acceptors (Lipinski definition) is 3. The molecule has 0 aromatic rings. The Labute approximate surface area is 82.2 Å². The van der Waals surface area contributed by atoms with E-state index in [9.17, 15) is 4.79 Å². The molecule has 1 rings (SSSR count). The van der Waals surface area contributed by atoms with Crippen LogP contribution >= 0.6 is 11.6 Å². The number of esters is 1. The molecule has 3 nitrogen and oxygen atoms in total. The molecule has 0 aromatic carbocycles. The van der Waals surface area contributed by atoms with Crippen LogP contribution in [0.5, 0.6) is 0 Å². The summed E-state index contributed by atoms with van der Waals surface area (Å²) in [6.07, 6.45) is 5.32. The van der Waals surface area contributed by atoms with Gasteiger partial charge in [-0.15, -0.1) is 0 Å². The Morgan fingerprint density at radius 2 is 2.46 bits per heavy atom. The van der Waals surface area contributed by atoms with Gasteiger partial charge < -0.3 is 10.5 Å². The molecule has 0 saturated carbocycles. The molecule has 4 heteroatoms. The van der Waals surface area contributed by atoms with E-state index >= 15 is 0 Å². The largest absolute Gasteiger partial charge is 0.468 e. The van der Waals surface area contributed by atoms with Crippen LogP contribution in [0.1, 0.15) is 12.8 Å². The standard InChI is InChI=1S/C9H12ClNO2/c1-13-9(12)8(11)6-4-2-3-5-7(6)10/h3,5,8H,2,4,11H2,1H3/t8-/m0/s1. The summed E-state index contributed by atoms with van der Waals surface area (Å²) in [5, 5.41) is 0.559. The van der Waals surface area contributed by atoms with E-state index in [0.717, 1.165) is 18.4 Å². The zero-order chi connectivity index (χ0) is 9.84. The molecule has 0 spiro atoms. The number of nitrogens with two attached hydrogens (primary N) is 1. The fourth-order valence-corrected chi connectivity index (χ4v) is 1.53.